The van der Waals surface area contributed by atoms with Crippen molar-refractivity contribution in [1.82, 2.24) is 5.32 Å². The second-order valence-electron chi connectivity index (χ2n) is 4.87. The predicted octanol–water partition coefficient (Wildman–Crippen LogP) is 3.08. The van der Waals surface area contributed by atoms with E-state index in [0.717, 1.165) is 23.2 Å². The van der Waals surface area contributed by atoms with E-state index in [9.17, 15) is 9.18 Å². The molecule has 0 aliphatic carbocycles. The maximum atomic E-state index is 13.0. The summed E-state index contributed by atoms with van der Waals surface area (Å²) in [7, 11) is 0. The third kappa shape index (κ3) is 5.00. The number of ether oxygens (including phenoxy) is 1. The van der Waals surface area contributed by atoms with Crippen LogP contribution in [0.3, 0.4) is 0 Å². The largest absolute Gasteiger partial charge is 0.489 e. The Kier molecular flexibility index (Phi) is 5.46. The van der Waals surface area contributed by atoms with Gasteiger partial charge in [-0.05, 0) is 42.3 Å². The quantitative estimate of drug-likeness (QED) is 0.795. The highest BCUT2D eigenvalue weighted by Crippen LogP contribution is 2.14. The fraction of sp³-hybridized carbons (Fsp3) is 0.235. The van der Waals surface area contributed by atoms with Gasteiger partial charge in [0.15, 0.2) is 0 Å². The van der Waals surface area contributed by atoms with Gasteiger partial charge in [0.2, 0.25) is 0 Å². The molecule has 1 N–H and O–H groups in total. The third-order valence-electron chi connectivity index (χ3n) is 3.05. The molecular formula is C17H18FNO2. The van der Waals surface area contributed by atoms with Gasteiger partial charge in [0.1, 0.15) is 24.5 Å². The SMILES string of the molecule is CC(C=O)NCc1ccc(OCc2cccc(F)c2)cc1. The lowest BCUT2D eigenvalue weighted by molar-refractivity contribution is -0.109. The summed E-state index contributed by atoms with van der Waals surface area (Å²) in [5.74, 6) is 0.466. The number of rotatable bonds is 7. The number of carbonyl (C=O) groups is 1. The molecule has 4 heteroatoms. The minimum atomic E-state index is -0.262. The van der Waals surface area contributed by atoms with Crippen LogP contribution in [0, 0.1) is 5.82 Å². The Labute approximate surface area is 123 Å². The average Bonchev–Trinajstić information content (AvgIpc) is 2.51. The molecule has 0 aromatic heterocycles. The lowest BCUT2D eigenvalue weighted by Gasteiger charge is -2.09. The Hall–Kier alpha value is -2.20. The first-order valence-corrected chi connectivity index (χ1v) is 6.82. The van der Waals surface area contributed by atoms with Crippen molar-refractivity contribution in [3.63, 3.8) is 0 Å². The zero-order valence-electron chi connectivity index (χ0n) is 11.9. The molecule has 0 aliphatic rings. The number of halogens is 1. The molecule has 0 aliphatic heterocycles. The van der Waals surface area contributed by atoms with Gasteiger partial charge in [0.05, 0.1) is 6.04 Å². The molecular weight excluding hydrogens is 269 g/mol. The molecule has 0 heterocycles. The van der Waals surface area contributed by atoms with E-state index in [1.54, 1.807) is 6.07 Å². The topological polar surface area (TPSA) is 38.3 Å². The van der Waals surface area contributed by atoms with E-state index in [1.165, 1.54) is 12.1 Å². The van der Waals surface area contributed by atoms with E-state index in [1.807, 2.05) is 37.3 Å². The summed E-state index contributed by atoms with van der Waals surface area (Å²) < 4.78 is 18.6. The molecule has 0 bridgehead atoms. The minimum Gasteiger partial charge on any atom is -0.489 e. The Morgan fingerprint density at radius 1 is 1.19 bits per heavy atom. The second-order valence-corrected chi connectivity index (χ2v) is 4.87. The fourth-order valence-electron chi connectivity index (χ4n) is 1.82. The Balaban J connectivity index is 1.86. The lowest BCUT2D eigenvalue weighted by Crippen LogP contribution is -2.26. The summed E-state index contributed by atoms with van der Waals surface area (Å²) in [5.41, 5.74) is 1.86. The Bertz CT molecular complexity index is 584. The number of carbonyl (C=O) groups excluding carboxylic acids is 1. The average molecular weight is 287 g/mol. The highest BCUT2D eigenvalue weighted by atomic mass is 19.1. The van der Waals surface area contributed by atoms with Crippen molar-refractivity contribution in [3.05, 3.63) is 65.5 Å². The van der Waals surface area contributed by atoms with Gasteiger partial charge >= 0.3 is 0 Å². The van der Waals surface area contributed by atoms with E-state index in [2.05, 4.69) is 5.32 Å². The molecule has 0 saturated heterocycles. The Morgan fingerprint density at radius 3 is 2.62 bits per heavy atom. The number of benzene rings is 2. The van der Waals surface area contributed by atoms with Crippen LogP contribution in [0.5, 0.6) is 5.75 Å². The molecule has 0 amide bonds. The van der Waals surface area contributed by atoms with E-state index in [0.29, 0.717) is 13.2 Å². The highest BCUT2D eigenvalue weighted by molar-refractivity contribution is 5.56. The van der Waals surface area contributed by atoms with Crippen molar-refractivity contribution < 1.29 is 13.9 Å². The van der Waals surface area contributed by atoms with Gasteiger partial charge in [-0.15, -0.1) is 0 Å². The summed E-state index contributed by atoms with van der Waals surface area (Å²) >= 11 is 0. The van der Waals surface area contributed by atoms with Gasteiger partial charge in [0.25, 0.3) is 0 Å². The van der Waals surface area contributed by atoms with Crippen LogP contribution in [0.15, 0.2) is 48.5 Å². The molecule has 1 atom stereocenters. The van der Waals surface area contributed by atoms with Crippen molar-refractivity contribution >= 4 is 6.29 Å². The van der Waals surface area contributed by atoms with Crippen molar-refractivity contribution in [1.29, 1.82) is 0 Å². The molecule has 110 valence electrons. The molecule has 2 aromatic rings. The van der Waals surface area contributed by atoms with E-state index in [4.69, 9.17) is 4.74 Å². The van der Waals surface area contributed by atoms with Crippen LogP contribution in [0.25, 0.3) is 0 Å². The van der Waals surface area contributed by atoms with E-state index < -0.39 is 0 Å². The fourth-order valence-corrected chi connectivity index (χ4v) is 1.82. The van der Waals surface area contributed by atoms with Crippen molar-refractivity contribution in [3.8, 4) is 5.75 Å². The van der Waals surface area contributed by atoms with E-state index >= 15 is 0 Å². The second kappa shape index (κ2) is 7.55. The summed E-state index contributed by atoms with van der Waals surface area (Å²) in [4.78, 5) is 10.5. The normalized spacial score (nSPS) is 11.9. The zero-order valence-corrected chi connectivity index (χ0v) is 11.9. The first-order valence-electron chi connectivity index (χ1n) is 6.82. The minimum absolute atomic E-state index is 0.158. The first kappa shape index (κ1) is 15.2. The summed E-state index contributed by atoms with van der Waals surface area (Å²) in [5, 5.41) is 3.08. The van der Waals surface area contributed by atoms with Gasteiger partial charge in [-0.1, -0.05) is 24.3 Å². The van der Waals surface area contributed by atoms with Gasteiger partial charge in [-0.3, -0.25) is 0 Å². The van der Waals surface area contributed by atoms with Crippen LogP contribution in [0.4, 0.5) is 4.39 Å². The molecule has 1 unspecified atom stereocenters. The van der Waals surface area contributed by atoms with Crippen molar-refractivity contribution in [2.75, 3.05) is 0 Å². The van der Waals surface area contributed by atoms with Crippen LogP contribution in [0.2, 0.25) is 0 Å². The number of nitrogens with one attached hydrogen (secondary N) is 1. The van der Waals surface area contributed by atoms with Gasteiger partial charge in [0, 0.05) is 6.54 Å². The number of hydrogen-bond donors (Lipinski definition) is 1. The lowest BCUT2D eigenvalue weighted by atomic mass is 10.2. The Morgan fingerprint density at radius 2 is 1.95 bits per heavy atom. The molecule has 0 saturated carbocycles. The van der Waals surface area contributed by atoms with Crippen LogP contribution in [0.1, 0.15) is 18.1 Å². The predicted molar refractivity (Wildman–Crippen MR) is 79.5 cm³/mol. The zero-order chi connectivity index (χ0) is 15.1. The van der Waals surface area contributed by atoms with Gasteiger partial charge < -0.3 is 14.8 Å². The molecule has 2 aromatic carbocycles. The van der Waals surface area contributed by atoms with Crippen molar-refractivity contribution in [2.24, 2.45) is 0 Å². The summed E-state index contributed by atoms with van der Waals surface area (Å²) in [6.45, 7) is 2.77. The summed E-state index contributed by atoms with van der Waals surface area (Å²) in [6, 6.07) is 13.8. The maximum absolute atomic E-state index is 13.0. The smallest absolute Gasteiger partial charge is 0.136 e. The van der Waals surface area contributed by atoms with Gasteiger partial charge in [-0.2, -0.15) is 0 Å². The van der Waals surface area contributed by atoms with E-state index in [-0.39, 0.29) is 11.9 Å². The molecule has 0 fully saturated rings. The monoisotopic (exact) mass is 287 g/mol. The van der Waals surface area contributed by atoms with Crippen LogP contribution < -0.4 is 10.1 Å². The number of aldehydes is 1. The first-order chi connectivity index (χ1) is 10.2. The molecule has 0 radical (unpaired) electrons. The third-order valence-corrected chi connectivity index (χ3v) is 3.05. The van der Waals surface area contributed by atoms with Crippen LogP contribution in [-0.4, -0.2) is 12.3 Å². The number of hydrogen-bond acceptors (Lipinski definition) is 3. The highest BCUT2D eigenvalue weighted by Gasteiger charge is 2.01. The van der Waals surface area contributed by atoms with Crippen molar-refractivity contribution in [2.45, 2.75) is 26.1 Å². The van der Waals surface area contributed by atoms with Gasteiger partial charge in [-0.25, -0.2) is 4.39 Å². The molecule has 2 rings (SSSR count). The summed E-state index contributed by atoms with van der Waals surface area (Å²) in [6.07, 6.45) is 0.871. The molecule has 0 spiro atoms. The van der Waals surface area contributed by atoms with Crippen LogP contribution >= 0.6 is 0 Å². The molecule has 3 nitrogen and oxygen atoms in total. The molecule has 21 heavy (non-hydrogen) atoms. The van der Waals surface area contributed by atoms with Crippen LogP contribution in [-0.2, 0) is 17.9 Å². The maximum Gasteiger partial charge on any atom is 0.136 e. The standard InChI is InChI=1S/C17H18FNO2/c1-13(11-20)19-10-14-5-7-17(8-6-14)21-12-15-3-2-4-16(18)9-15/h2-9,11,13,19H,10,12H2,1H3.